The summed E-state index contributed by atoms with van der Waals surface area (Å²) in [6.07, 6.45) is 0.625. The maximum atomic E-state index is 11.6. The predicted octanol–water partition coefficient (Wildman–Crippen LogP) is 0.301. The van der Waals surface area contributed by atoms with Crippen molar-refractivity contribution in [3.63, 3.8) is 0 Å². The Hall–Kier alpha value is -1.39. The Bertz CT molecular complexity index is 341. The van der Waals surface area contributed by atoms with Gasteiger partial charge >= 0.3 is 0 Å². The number of amides is 1. The van der Waals surface area contributed by atoms with Crippen LogP contribution in [0.5, 0.6) is 0 Å². The second-order valence-corrected chi connectivity index (χ2v) is 4.21. The molecular formula is C13H20N2O2. The number of hydrogen-bond donors (Lipinski definition) is 3. The number of carbonyl (C=O) groups is 1. The molecule has 1 aromatic rings. The molecular weight excluding hydrogens is 216 g/mol. The number of hydrogen-bond acceptors (Lipinski definition) is 3. The molecule has 0 aliphatic carbocycles. The Balaban J connectivity index is 2.52. The van der Waals surface area contributed by atoms with Gasteiger partial charge in [-0.1, -0.05) is 37.3 Å². The van der Waals surface area contributed by atoms with Gasteiger partial charge in [-0.2, -0.15) is 0 Å². The molecule has 0 spiro atoms. The van der Waals surface area contributed by atoms with Crippen molar-refractivity contribution in [3.05, 3.63) is 35.9 Å². The lowest BCUT2D eigenvalue weighted by atomic mass is 10.1. The maximum absolute atomic E-state index is 11.6. The molecule has 0 saturated heterocycles. The van der Waals surface area contributed by atoms with E-state index in [-0.39, 0.29) is 24.5 Å². The average molecular weight is 236 g/mol. The second kappa shape index (κ2) is 7.04. The van der Waals surface area contributed by atoms with Crippen molar-refractivity contribution < 1.29 is 9.90 Å². The Morgan fingerprint density at radius 3 is 2.59 bits per heavy atom. The molecule has 0 radical (unpaired) electrons. The van der Waals surface area contributed by atoms with E-state index in [0.29, 0.717) is 13.0 Å². The highest BCUT2D eigenvalue weighted by Gasteiger charge is 2.16. The first-order valence-corrected chi connectivity index (χ1v) is 5.82. The fourth-order valence-electron chi connectivity index (χ4n) is 1.51. The third-order valence-corrected chi connectivity index (χ3v) is 2.69. The van der Waals surface area contributed by atoms with Crippen molar-refractivity contribution in [2.24, 2.45) is 11.7 Å². The quantitative estimate of drug-likeness (QED) is 0.665. The minimum Gasteiger partial charge on any atom is -0.394 e. The molecule has 0 fully saturated rings. The molecule has 17 heavy (non-hydrogen) atoms. The van der Waals surface area contributed by atoms with Crippen LogP contribution < -0.4 is 11.1 Å². The standard InChI is InChI=1S/C13H20N2O2/c1-10(8-14)13(17)15-12(9-16)7-11-5-3-2-4-6-11/h2-6,10,12,16H,7-9,14H2,1H3,(H,15,17)/t10?,12-/m1/s1. The first kappa shape index (κ1) is 13.7. The van der Waals surface area contributed by atoms with Crippen LogP contribution in [-0.2, 0) is 11.2 Å². The van der Waals surface area contributed by atoms with Gasteiger partial charge in [-0.25, -0.2) is 0 Å². The first-order valence-electron chi connectivity index (χ1n) is 5.82. The zero-order valence-corrected chi connectivity index (χ0v) is 10.1. The summed E-state index contributed by atoms with van der Waals surface area (Å²) in [4.78, 5) is 11.6. The summed E-state index contributed by atoms with van der Waals surface area (Å²) in [6, 6.07) is 9.51. The van der Waals surface area contributed by atoms with E-state index in [4.69, 9.17) is 5.73 Å². The van der Waals surface area contributed by atoms with Gasteiger partial charge in [0, 0.05) is 12.5 Å². The second-order valence-electron chi connectivity index (χ2n) is 4.21. The van der Waals surface area contributed by atoms with E-state index in [1.165, 1.54) is 0 Å². The normalized spacial score (nSPS) is 14.1. The molecule has 1 rings (SSSR count). The topological polar surface area (TPSA) is 75.4 Å². The Morgan fingerprint density at radius 1 is 1.41 bits per heavy atom. The van der Waals surface area contributed by atoms with Crippen molar-refractivity contribution >= 4 is 5.91 Å². The molecule has 1 amide bonds. The van der Waals surface area contributed by atoms with Crippen LogP contribution >= 0.6 is 0 Å². The van der Waals surface area contributed by atoms with Crippen LogP contribution in [0.1, 0.15) is 12.5 Å². The van der Waals surface area contributed by atoms with Gasteiger partial charge in [-0.15, -0.1) is 0 Å². The highest BCUT2D eigenvalue weighted by molar-refractivity contribution is 5.78. The SMILES string of the molecule is CC(CN)C(=O)N[C@@H](CO)Cc1ccccc1. The van der Waals surface area contributed by atoms with Crippen LogP contribution in [0, 0.1) is 5.92 Å². The third kappa shape index (κ3) is 4.54. The highest BCUT2D eigenvalue weighted by Crippen LogP contribution is 2.03. The van der Waals surface area contributed by atoms with E-state index >= 15 is 0 Å². The Kier molecular flexibility index (Phi) is 5.66. The maximum Gasteiger partial charge on any atom is 0.224 e. The van der Waals surface area contributed by atoms with E-state index < -0.39 is 0 Å². The monoisotopic (exact) mass is 236 g/mol. The van der Waals surface area contributed by atoms with Crippen LogP contribution in [0.25, 0.3) is 0 Å². The van der Waals surface area contributed by atoms with Crippen molar-refractivity contribution in [3.8, 4) is 0 Å². The van der Waals surface area contributed by atoms with Gasteiger partial charge in [-0.05, 0) is 12.0 Å². The molecule has 0 saturated carbocycles. The number of aliphatic hydroxyl groups excluding tert-OH is 1. The summed E-state index contributed by atoms with van der Waals surface area (Å²) in [5.74, 6) is -0.331. The molecule has 0 aliphatic heterocycles. The summed E-state index contributed by atoms with van der Waals surface area (Å²) in [5.41, 5.74) is 6.51. The van der Waals surface area contributed by atoms with E-state index in [2.05, 4.69) is 5.32 Å². The zero-order valence-electron chi connectivity index (χ0n) is 10.1. The number of nitrogens with two attached hydrogens (primary N) is 1. The number of aliphatic hydroxyl groups is 1. The number of carbonyl (C=O) groups excluding carboxylic acids is 1. The lowest BCUT2D eigenvalue weighted by Crippen LogP contribution is -2.43. The van der Waals surface area contributed by atoms with Gasteiger partial charge < -0.3 is 16.2 Å². The molecule has 0 aliphatic rings. The van der Waals surface area contributed by atoms with Crippen LogP contribution in [0.3, 0.4) is 0 Å². The average Bonchev–Trinajstić information content (AvgIpc) is 2.38. The van der Waals surface area contributed by atoms with Gasteiger partial charge in [0.05, 0.1) is 12.6 Å². The van der Waals surface area contributed by atoms with Crippen molar-refractivity contribution in [2.75, 3.05) is 13.2 Å². The van der Waals surface area contributed by atoms with Gasteiger partial charge in [0.25, 0.3) is 0 Å². The lowest BCUT2D eigenvalue weighted by molar-refractivity contribution is -0.125. The number of rotatable bonds is 6. The van der Waals surface area contributed by atoms with Crippen molar-refractivity contribution in [1.82, 2.24) is 5.32 Å². The fourth-order valence-corrected chi connectivity index (χ4v) is 1.51. The Morgan fingerprint density at radius 2 is 2.06 bits per heavy atom. The molecule has 4 N–H and O–H groups in total. The molecule has 0 heterocycles. The van der Waals surface area contributed by atoms with Gasteiger partial charge in [-0.3, -0.25) is 4.79 Å². The van der Waals surface area contributed by atoms with E-state index in [9.17, 15) is 9.90 Å². The number of nitrogens with one attached hydrogen (secondary N) is 1. The largest absolute Gasteiger partial charge is 0.394 e. The minimum atomic E-state index is -0.251. The predicted molar refractivity (Wildman–Crippen MR) is 67.4 cm³/mol. The van der Waals surface area contributed by atoms with Crippen LogP contribution in [0.4, 0.5) is 0 Å². The fraction of sp³-hybridized carbons (Fsp3) is 0.462. The highest BCUT2D eigenvalue weighted by atomic mass is 16.3. The summed E-state index contributed by atoms with van der Waals surface area (Å²) < 4.78 is 0. The minimum absolute atomic E-state index is 0.0715. The van der Waals surface area contributed by atoms with Crippen LogP contribution in [0.15, 0.2) is 30.3 Å². The lowest BCUT2D eigenvalue weighted by Gasteiger charge is -2.18. The molecule has 1 aromatic carbocycles. The first-order chi connectivity index (χ1) is 8.17. The summed E-state index contributed by atoms with van der Waals surface area (Å²) >= 11 is 0. The number of benzene rings is 1. The van der Waals surface area contributed by atoms with Crippen LogP contribution in [-0.4, -0.2) is 30.2 Å². The van der Waals surface area contributed by atoms with Crippen LogP contribution in [0.2, 0.25) is 0 Å². The van der Waals surface area contributed by atoms with Crippen molar-refractivity contribution in [1.29, 1.82) is 0 Å². The van der Waals surface area contributed by atoms with Gasteiger partial charge in [0.2, 0.25) is 5.91 Å². The summed E-state index contributed by atoms with van der Waals surface area (Å²) in [6.45, 7) is 2.01. The Labute approximate surface area is 102 Å². The van der Waals surface area contributed by atoms with E-state index in [1.54, 1.807) is 6.92 Å². The van der Waals surface area contributed by atoms with Gasteiger partial charge in [0.1, 0.15) is 0 Å². The molecule has 0 aromatic heterocycles. The molecule has 0 bridgehead atoms. The third-order valence-electron chi connectivity index (χ3n) is 2.69. The smallest absolute Gasteiger partial charge is 0.224 e. The van der Waals surface area contributed by atoms with E-state index in [1.807, 2.05) is 30.3 Å². The molecule has 94 valence electrons. The molecule has 4 heteroatoms. The summed E-state index contributed by atoms with van der Waals surface area (Å²) in [5, 5.41) is 12.0. The van der Waals surface area contributed by atoms with Crippen molar-refractivity contribution in [2.45, 2.75) is 19.4 Å². The molecule has 1 unspecified atom stereocenters. The van der Waals surface area contributed by atoms with E-state index in [0.717, 1.165) is 5.56 Å². The zero-order chi connectivity index (χ0) is 12.7. The molecule has 2 atom stereocenters. The van der Waals surface area contributed by atoms with Gasteiger partial charge in [0.15, 0.2) is 0 Å². The summed E-state index contributed by atoms with van der Waals surface area (Å²) in [7, 11) is 0. The molecule has 4 nitrogen and oxygen atoms in total.